The Morgan fingerprint density at radius 3 is 2.14 bits per heavy atom. The van der Waals surface area contributed by atoms with Crippen molar-refractivity contribution in [3.63, 3.8) is 0 Å². The van der Waals surface area contributed by atoms with Crippen LogP contribution in [0.1, 0.15) is 17.2 Å². The highest BCUT2D eigenvalue weighted by molar-refractivity contribution is 7.98. The number of thioether (sulfide) groups is 1. The van der Waals surface area contributed by atoms with Crippen molar-refractivity contribution >= 4 is 11.8 Å². The Balaban J connectivity index is 1.62. The normalized spacial score (nSPS) is 12.0. The van der Waals surface area contributed by atoms with Gasteiger partial charge in [0.05, 0.1) is 12.2 Å². The van der Waals surface area contributed by atoms with Gasteiger partial charge in [0.2, 0.25) is 0 Å². The van der Waals surface area contributed by atoms with E-state index in [2.05, 4.69) is 71.4 Å². The number of methoxy groups -OCH3 is 1. The third-order valence-corrected chi connectivity index (χ3v) is 5.90. The summed E-state index contributed by atoms with van der Waals surface area (Å²) in [5.41, 5.74) is 4.58. The molecule has 29 heavy (non-hydrogen) atoms. The Labute approximate surface area is 176 Å². The zero-order chi connectivity index (χ0) is 19.9. The van der Waals surface area contributed by atoms with E-state index in [4.69, 9.17) is 9.72 Å². The second-order valence-corrected chi connectivity index (χ2v) is 7.78. The fourth-order valence-corrected chi connectivity index (χ4v) is 4.22. The third-order valence-electron chi connectivity index (χ3n) is 4.84. The Bertz CT molecular complexity index is 1020. The molecule has 4 rings (SSSR count). The predicted octanol–water partition coefficient (Wildman–Crippen LogP) is 6.23. The van der Waals surface area contributed by atoms with Crippen molar-refractivity contribution in [1.29, 1.82) is 0 Å². The van der Waals surface area contributed by atoms with Crippen LogP contribution in [0.25, 0.3) is 11.3 Å². The van der Waals surface area contributed by atoms with Crippen LogP contribution in [0.2, 0.25) is 0 Å². The van der Waals surface area contributed by atoms with E-state index < -0.39 is 0 Å². The number of rotatable bonds is 8. The molecule has 0 fully saturated rings. The molecule has 3 aromatic carbocycles. The van der Waals surface area contributed by atoms with Crippen molar-refractivity contribution in [2.24, 2.45) is 0 Å². The quantitative estimate of drug-likeness (QED) is 0.328. The summed E-state index contributed by atoms with van der Waals surface area (Å²) in [4.78, 5) is 4.95. The lowest BCUT2D eigenvalue weighted by Crippen LogP contribution is -2.11. The van der Waals surface area contributed by atoms with Gasteiger partial charge in [-0.3, -0.25) is 0 Å². The van der Waals surface area contributed by atoms with Crippen molar-refractivity contribution in [2.45, 2.75) is 23.6 Å². The molecule has 3 nitrogen and oxygen atoms in total. The van der Waals surface area contributed by atoms with Gasteiger partial charge in [-0.05, 0) is 11.1 Å². The smallest absolute Gasteiger partial charge is 0.168 e. The van der Waals surface area contributed by atoms with Gasteiger partial charge in [0, 0.05) is 24.6 Å². The first-order valence-corrected chi connectivity index (χ1v) is 10.7. The lowest BCUT2D eigenvalue weighted by atomic mass is 10.1. The van der Waals surface area contributed by atoms with Crippen molar-refractivity contribution in [3.8, 4) is 11.3 Å². The molecule has 1 unspecified atom stereocenters. The van der Waals surface area contributed by atoms with Gasteiger partial charge in [0.25, 0.3) is 0 Å². The molecule has 0 spiro atoms. The van der Waals surface area contributed by atoms with E-state index in [1.165, 1.54) is 11.1 Å². The Morgan fingerprint density at radius 1 is 0.862 bits per heavy atom. The van der Waals surface area contributed by atoms with E-state index in [1.807, 2.05) is 30.3 Å². The summed E-state index contributed by atoms with van der Waals surface area (Å²) in [5.74, 6) is 0.884. The van der Waals surface area contributed by atoms with Crippen molar-refractivity contribution < 1.29 is 4.74 Å². The van der Waals surface area contributed by atoms with Crippen LogP contribution in [-0.4, -0.2) is 16.7 Å². The van der Waals surface area contributed by atoms with E-state index in [-0.39, 0.29) is 6.10 Å². The second kappa shape index (κ2) is 9.59. The fraction of sp³-hybridized carbons (Fsp3) is 0.160. The maximum Gasteiger partial charge on any atom is 0.168 e. The molecule has 4 heteroatoms. The van der Waals surface area contributed by atoms with Crippen LogP contribution in [-0.2, 0) is 17.0 Å². The van der Waals surface area contributed by atoms with Gasteiger partial charge >= 0.3 is 0 Å². The molecular formula is C25H24N2OS. The molecular weight excluding hydrogens is 376 g/mol. The van der Waals surface area contributed by atoms with Crippen LogP contribution in [0.3, 0.4) is 0 Å². The van der Waals surface area contributed by atoms with Gasteiger partial charge < -0.3 is 9.30 Å². The molecule has 1 heterocycles. The molecule has 0 N–H and O–H groups in total. The Kier molecular flexibility index (Phi) is 6.45. The SMILES string of the molecule is COC(Cn1cc(-c2ccccc2)nc1SCc1ccccc1)c1ccccc1. The maximum atomic E-state index is 5.82. The van der Waals surface area contributed by atoms with Gasteiger partial charge in [-0.25, -0.2) is 4.98 Å². The van der Waals surface area contributed by atoms with E-state index in [1.54, 1.807) is 18.9 Å². The van der Waals surface area contributed by atoms with Crippen LogP contribution in [0.15, 0.2) is 102 Å². The van der Waals surface area contributed by atoms with Gasteiger partial charge in [-0.1, -0.05) is 103 Å². The number of hydrogen-bond acceptors (Lipinski definition) is 3. The highest BCUT2D eigenvalue weighted by Gasteiger charge is 2.16. The van der Waals surface area contributed by atoms with E-state index in [0.29, 0.717) is 0 Å². The summed E-state index contributed by atoms with van der Waals surface area (Å²) in [6, 6.07) is 31.2. The summed E-state index contributed by atoms with van der Waals surface area (Å²) in [7, 11) is 1.77. The number of aromatic nitrogens is 2. The van der Waals surface area contributed by atoms with Gasteiger partial charge in [0.15, 0.2) is 5.16 Å². The number of hydrogen-bond donors (Lipinski definition) is 0. The highest BCUT2D eigenvalue weighted by atomic mass is 32.2. The van der Waals surface area contributed by atoms with Crippen LogP contribution in [0.5, 0.6) is 0 Å². The second-order valence-electron chi connectivity index (χ2n) is 6.84. The molecule has 0 amide bonds. The first kappa shape index (κ1) is 19.5. The number of nitrogens with zero attached hydrogens (tertiary/aromatic N) is 2. The van der Waals surface area contributed by atoms with Crippen LogP contribution >= 0.6 is 11.8 Å². The molecule has 0 saturated carbocycles. The lowest BCUT2D eigenvalue weighted by Gasteiger charge is -2.17. The standard InChI is InChI=1S/C25H24N2OS/c1-28-24(22-15-9-4-10-16-22)18-27-17-23(21-13-7-3-8-14-21)26-25(27)29-19-20-11-5-2-6-12-20/h2-17,24H,18-19H2,1H3. The number of ether oxygens (including phenoxy) is 1. The van der Waals surface area contributed by atoms with Gasteiger partial charge in [-0.2, -0.15) is 0 Å². The summed E-state index contributed by atoms with van der Waals surface area (Å²) in [6.45, 7) is 0.720. The molecule has 146 valence electrons. The topological polar surface area (TPSA) is 27.1 Å². The molecule has 0 bridgehead atoms. The monoisotopic (exact) mass is 400 g/mol. The Morgan fingerprint density at radius 2 is 1.48 bits per heavy atom. The summed E-state index contributed by atoms with van der Waals surface area (Å²) >= 11 is 1.76. The van der Waals surface area contributed by atoms with E-state index in [9.17, 15) is 0 Å². The molecule has 1 aromatic heterocycles. The van der Waals surface area contributed by atoms with Crippen molar-refractivity contribution in [2.75, 3.05) is 7.11 Å². The maximum absolute atomic E-state index is 5.82. The van der Waals surface area contributed by atoms with Crippen LogP contribution in [0.4, 0.5) is 0 Å². The number of benzene rings is 3. The van der Waals surface area contributed by atoms with Crippen LogP contribution in [0, 0.1) is 0 Å². The molecule has 4 aromatic rings. The minimum atomic E-state index is -0.0231. The zero-order valence-corrected chi connectivity index (χ0v) is 17.3. The van der Waals surface area contributed by atoms with E-state index >= 15 is 0 Å². The largest absolute Gasteiger partial charge is 0.375 e. The average molecular weight is 401 g/mol. The van der Waals surface area contributed by atoms with Gasteiger partial charge in [-0.15, -0.1) is 0 Å². The predicted molar refractivity (Wildman–Crippen MR) is 120 cm³/mol. The average Bonchev–Trinajstić information content (AvgIpc) is 3.20. The minimum Gasteiger partial charge on any atom is -0.375 e. The molecule has 0 aliphatic heterocycles. The minimum absolute atomic E-state index is 0.0231. The molecule has 0 aliphatic carbocycles. The summed E-state index contributed by atoms with van der Waals surface area (Å²) in [6.07, 6.45) is 2.11. The summed E-state index contributed by atoms with van der Waals surface area (Å²) in [5, 5.41) is 1.01. The Hall–Kier alpha value is -2.82. The van der Waals surface area contributed by atoms with Crippen molar-refractivity contribution in [1.82, 2.24) is 9.55 Å². The highest BCUT2D eigenvalue weighted by Crippen LogP contribution is 2.29. The number of imidazole rings is 1. The van der Waals surface area contributed by atoms with Crippen molar-refractivity contribution in [3.05, 3.63) is 108 Å². The first-order valence-electron chi connectivity index (χ1n) is 9.70. The molecule has 1 atom stereocenters. The molecule has 0 radical (unpaired) electrons. The summed E-state index contributed by atoms with van der Waals surface area (Å²) < 4.78 is 8.03. The molecule has 0 saturated heterocycles. The zero-order valence-electron chi connectivity index (χ0n) is 16.4. The van der Waals surface area contributed by atoms with Crippen LogP contribution < -0.4 is 0 Å². The van der Waals surface area contributed by atoms with Gasteiger partial charge in [0.1, 0.15) is 6.10 Å². The lowest BCUT2D eigenvalue weighted by molar-refractivity contribution is 0.0857. The fourth-order valence-electron chi connectivity index (χ4n) is 3.28. The van der Waals surface area contributed by atoms with E-state index in [0.717, 1.165) is 28.7 Å². The molecule has 0 aliphatic rings. The first-order chi connectivity index (χ1) is 14.3. The third kappa shape index (κ3) is 4.97.